The first-order chi connectivity index (χ1) is 12.1. The largest absolute Gasteiger partial charge is 0.497 e. The zero-order valence-corrected chi connectivity index (χ0v) is 16.7. The number of hydrogen-bond acceptors (Lipinski definition) is 4. The van der Waals surface area contributed by atoms with E-state index in [0.717, 1.165) is 10.6 Å². The lowest BCUT2D eigenvalue weighted by atomic mass is 10.2. The van der Waals surface area contributed by atoms with Crippen LogP contribution in [0.1, 0.15) is 6.92 Å². The lowest BCUT2D eigenvalue weighted by Gasteiger charge is -2.28. The molecule has 0 saturated carbocycles. The van der Waals surface area contributed by atoms with Crippen molar-refractivity contribution in [1.82, 2.24) is 0 Å². The first-order valence-electron chi connectivity index (χ1n) is 7.53. The van der Waals surface area contributed by atoms with Crippen LogP contribution in [0.2, 0.25) is 10.0 Å². The highest BCUT2D eigenvalue weighted by molar-refractivity contribution is 7.92. The van der Waals surface area contributed by atoms with Crippen molar-refractivity contribution in [2.24, 2.45) is 0 Å². The molecule has 1 amide bonds. The molecule has 0 aliphatic rings. The van der Waals surface area contributed by atoms with Gasteiger partial charge in [-0.15, -0.1) is 0 Å². The van der Waals surface area contributed by atoms with Crippen LogP contribution in [0.25, 0.3) is 0 Å². The third kappa shape index (κ3) is 4.81. The topological polar surface area (TPSA) is 75.7 Å². The Morgan fingerprint density at radius 3 is 2.42 bits per heavy atom. The summed E-state index contributed by atoms with van der Waals surface area (Å²) in [4.78, 5) is 12.6. The summed E-state index contributed by atoms with van der Waals surface area (Å²) in [5, 5.41) is 3.16. The molecule has 0 radical (unpaired) electrons. The fourth-order valence-corrected chi connectivity index (χ4v) is 3.84. The Morgan fingerprint density at radius 2 is 1.85 bits per heavy atom. The minimum atomic E-state index is -3.75. The molecule has 0 saturated heterocycles. The summed E-state index contributed by atoms with van der Waals surface area (Å²) in [6, 6.07) is 10.1. The molecule has 1 N–H and O–H groups in total. The van der Waals surface area contributed by atoms with Gasteiger partial charge in [-0.05, 0) is 37.3 Å². The highest BCUT2D eigenvalue weighted by atomic mass is 35.5. The number of rotatable bonds is 6. The molecule has 0 bridgehead atoms. The normalized spacial score (nSPS) is 12.3. The minimum Gasteiger partial charge on any atom is -0.497 e. The van der Waals surface area contributed by atoms with Gasteiger partial charge in [0.1, 0.15) is 11.8 Å². The van der Waals surface area contributed by atoms with Gasteiger partial charge in [0.25, 0.3) is 0 Å². The Bertz CT molecular complexity index is 919. The number of anilines is 2. The van der Waals surface area contributed by atoms with Gasteiger partial charge in [0, 0.05) is 11.8 Å². The van der Waals surface area contributed by atoms with Crippen LogP contribution in [0.15, 0.2) is 42.5 Å². The van der Waals surface area contributed by atoms with E-state index in [4.69, 9.17) is 27.9 Å². The van der Waals surface area contributed by atoms with Crippen LogP contribution >= 0.6 is 23.2 Å². The Balaban J connectivity index is 2.32. The number of amides is 1. The third-order valence-corrected chi connectivity index (χ3v) is 5.56. The molecule has 140 valence electrons. The van der Waals surface area contributed by atoms with Gasteiger partial charge in [0.15, 0.2) is 0 Å². The molecule has 1 atom stereocenters. The molecule has 0 aliphatic carbocycles. The molecular weight excluding hydrogens is 399 g/mol. The number of carbonyl (C=O) groups excluding carboxylic acids is 1. The maximum absolute atomic E-state index is 12.6. The Labute approximate surface area is 162 Å². The van der Waals surface area contributed by atoms with E-state index in [9.17, 15) is 13.2 Å². The van der Waals surface area contributed by atoms with Crippen molar-refractivity contribution in [1.29, 1.82) is 0 Å². The second kappa shape index (κ2) is 8.16. The lowest BCUT2D eigenvalue weighted by molar-refractivity contribution is -0.116. The fraction of sp³-hybridized carbons (Fsp3) is 0.235. The second-order valence-electron chi connectivity index (χ2n) is 5.55. The summed E-state index contributed by atoms with van der Waals surface area (Å²) in [6.07, 6.45) is 1.02. The molecule has 0 aromatic heterocycles. The molecule has 0 fully saturated rings. The first kappa shape index (κ1) is 20.4. The molecular formula is C17H18Cl2N2O4S. The van der Waals surface area contributed by atoms with Gasteiger partial charge in [-0.1, -0.05) is 29.3 Å². The van der Waals surface area contributed by atoms with Crippen LogP contribution < -0.4 is 14.4 Å². The first-order valence-corrected chi connectivity index (χ1v) is 10.1. The molecule has 2 rings (SSSR count). The van der Waals surface area contributed by atoms with Gasteiger partial charge in [0.2, 0.25) is 15.9 Å². The van der Waals surface area contributed by atoms with Crippen LogP contribution in [-0.2, 0) is 14.8 Å². The summed E-state index contributed by atoms with van der Waals surface area (Å²) < 4.78 is 30.7. The second-order valence-corrected chi connectivity index (χ2v) is 8.23. The lowest BCUT2D eigenvalue weighted by Crippen LogP contribution is -2.45. The van der Waals surface area contributed by atoms with E-state index in [1.165, 1.54) is 32.2 Å². The van der Waals surface area contributed by atoms with Crippen molar-refractivity contribution in [2.75, 3.05) is 23.0 Å². The molecule has 9 heteroatoms. The predicted octanol–water partition coefficient (Wildman–Crippen LogP) is 3.80. The van der Waals surface area contributed by atoms with E-state index in [1.54, 1.807) is 24.3 Å². The van der Waals surface area contributed by atoms with E-state index < -0.39 is 22.0 Å². The number of carbonyl (C=O) groups is 1. The maximum atomic E-state index is 12.6. The summed E-state index contributed by atoms with van der Waals surface area (Å²) in [5.74, 6) is 0.0645. The van der Waals surface area contributed by atoms with Gasteiger partial charge < -0.3 is 10.1 Å². The van der Waals surface area contributed by atoms with Gasteiger partial charge in [-0.2, -0.15) is 0 Å². The molecule has 2 aromatic carbocycles. The van der Waals surface area contributed by atoms with Gasteiger partial charge in [-0.25, -0.2) is 8.42 Å². The van der Waals surface area contributed by atoms with Crippen LogP contribution in [0, 0.1) is 0 Å². The fourth-order valence-electron chi connectivity index (χ4n) is 2.38. The van der Waals surface area contributed by atoms with E-state index in [-0.39, 0.29) is 15.7 Å². The maximum Gasteiger partial charge on any atom is 0.247 e. The number of ether oxygens (including phenoxy) is 1. The number of nitrogens with one attached hydrogen (secondary N) is 1. The monoisotopic (exact) mass is 416 g/mol. The molecule has 0 unspecified atom stereocenters. The SMILES string of the molecule is COc1cccc(NC(=O)[C@H](C)N(c2ccc(Cl)c(Cl)c2)S(C)(=O)=O)c1. The zero-order chi connectivity index (χ0) is 19.5. The molecule has 2 aromatic rings. The number of benzene rings is 2. The number of methoxy groups -OCH3 is 1. The van der Waals surface area contributed by atoms with E-state index in [0.29, 0.717) is 11.4 Å². The van der Waals surface area contributed by atoms with E-state index in [2.05, 4.69) is 5.32 Å². The molecule has 26 heavy (non-hydrogen) atoms. The van der Waals surface area contributed by atoms with E-state index in [1.807, 2.05) is 0 Å². The van der Waals surface area contributed by atoms with Crippen molar-refractivity contribution >= 4 is 50.5 Å². The van der Waals surface area contributed by atoms with Crippen LogP contribution in [0.5, 0.6) is 5.75 Å². The quantitative estimate of drug-likeness (QED) is 0.776. The summed E-state index contributed by atoms with van der Waals surface area (Å²) >= 11 is 11.9. The van der Waals surface area contributed by atoms with E-state index >= 15 is 0 Å². The van der Waals surface area contributed by atoms with Crippen LogP contribution in [-0.4, -0.2) is 33.7 Å². The Hall–Kier alpha value is -1.96. The van der Waals surface area contributed by atoms with Crippen molar-refractivity contribution in [3.05, 3.63) is 52.5 Å². The van der Waals surface area contributed by atoms with Crippen molar-refractivity contribution in [3.8, 4) is 5.75 Å². The predicted molar refractivity (Wildman–Crippen MR) is 105 cm³/mol. The molecule has 6 nitrogen and oxygen atoms in total. The van der Waals surface area contributed by atoms with Gasteiger partial charge in [0.05, 0.1) is 29.1 Å². The molecule has 0 spiro atoms. The minimum absolute atomic E-state index is 0.193. The zero-order valence-electron chi connectivity index (χ0n) is 14.4. The third-order valence-electron chi connectivity index (χ3n) is 3.58. The highest BCUT2D eigenvalue weighted by Crippen LogP contribution is 2.30. The van der Waals surface area contributed by atoms with Crippen molar-refractivity contribution in [3.63, 3.8) is 0 Å². The summed E-state index contributed by atoms with van der Waals surface area (Å²) in [7, 11) is -2.24. The smallest absolute Gasteiger partial charge is 0.247 e. The number of sulfonamides is 1. The average Bonchev–Trinajstić information content (AvgIpc) is 2.57. The molecule has 0 heterocycles. The standard InChI is InChI=1S/C17H18Cl2N2O4S/c1-11(17(22)20-12-5-4-6-14(9-12)25-2)21(26(3,23)24)13-7-8-15(18)16(19)10-13/h4-11H,1-3H3,(H,20,22)/t11-/m0/s1. The highest BCUT2D eigenvalue weighted by Gasteiger charge is 2.29. The number of nitrogens with zero attached hydrogens (tertiary/aromatic N) is 1. The van der Waals surface area contributed by atoms with Crippen LogP contribution in [0.3, 0.4) is 0 Å². The van der Waals surface area contributed by atoms with Gasteiger partial charge >= 0.3 is 0 Å². The molecule has 0 aliphatic heterocycles. The Morgan fingerprint density at radius 1 is 1.15 bits per heavy atom. The average molecular weight is 417 g/mol. The number of halogens is 2. The van der Waals surface area contributed by atoms with Crippen molar-refractivity contribution in [2.45, 2.75) is 13.0 Å². The summed E-state index contributed by atoms with van der Waals surface area (Å²) in [6.45, 7) is 1.49. The number of hydrogen-bond donors (Lipinski definition) is 1. The Kier molecular flexibility index (Phi) is 6.39. The summed E-state index contributed by atoms with van der Waals surface area (Å²) in [5.41, 5.74) is 0.735. The van der Waals surface area contributed by atoms with Crippen molar-refractivity contribution < 1.29 is 17.9 Å². The van der Waals surface area contributed by atoms with Crippen LogP contribution in [0.4, 0.5) is 11.4 Å². The van der Waals surface area contributed by atoms with Gasteiger partial charge in [-0.3, -0.25) is 9.10 Å².